The van der Waals surface area contributed by atoms with Gasteiger partial charge in [0.05, 0.1) is 0 Å². The summed E-state index contributed by atoms with van der Waals surface area (Å²) in [5, 5.41) is 0. The lowest BCUT2D eigenvalue weighted by Crippen LogP contribution is -2.39. The molecule has 0 radical (unpaired) electrons. The highest BCUT2D eigenvalue weighted by Crippen LogP contribution is 2.18. The summed E-state index contributed by atoms with van der Waals surface area (Å²) in [6.07, 6.45) is 2.29. The molecule has 21 heavy (non-hydrogen) atoms. The van der Waals surface area contributed by atoms with Crippen LogP contribution in [0.25, 0.3) is 0 Å². The van der Waals surface area contributed by atoms with Gasteiger partial charge in [-0.1, -0.05) is 6.92 Å². The molecule has 1 aliphatic heterocycles. The van der Waals surface area contributed by atoms with Crippen LogP contribution in [0.3, 0.4) is 0 Å². The first-order valence-corrected chi connectivity index (χ1v) is 7.95. The van der Waals surface area contributed by atoms with Crippen LogP contribution in [0, 0.1) is 12.8 Å². The first-order valence-electron chi connectivity index (χ1n) is 7.95. The average molecular weight is 290 g/mol. The summed E-state index contributed by atoms with van der Waals surface area (Å²) in [7, 11) is 0. The lowest BCUT2D eigenvalue weighted by molar-refractivity contribution is 0.0677. The standard InChI is InChI=1S/C16H26N4O/c1-5-19(6-2)16-17-13(4)10-14(18-16)15(21)20-9-7-8-12(3)11-20/h10,12H,5-9,11H2,1-4H3/t12-/m1/s1. The molecule has 0 saturated carbocycles. The Hall–Kier alpha value is -1.65. The van der Waals surface area contributed by atoms with Crippen molar-refractivity contribution in [1.29, 1.82) is 0 Å². The van der Waals surface area contributed by atoms with Crippen LogP contribution in [0.5, 0.6) is 0 Å². The van der Waals surface area contributed by atoms with Crippen molar-refractivity contribution in [2.45, 2.75) is 40.5 Å². The minimum absolute atomic E-state index is 0.0421. The second-order valence-corrected chi connectivity index (χ2v) is 5.87. The van der Waals surface area contributed by atoms with E-state index in [1.165, 1.54) is 6.42 Å². The molecule has 116 valence electrons. The number of carbonyl (C=O) groups excluding carboxylic acids is 1. The minimum Gasteiger partial charge on any atom is -0.341 e. The highest BCUT2D eigenvalue weighted by molar-refractivity contribution is 5.92. The molecule has 1 aromatic heterocycles. The van der Waals surface area contributed by atoms with E-state index in [1.54, 1.807) is 6.07 Å². The van der Waals surface area contributed by atoms with Crippen molar-refractivity contribution in [1.82, 2.24) is 14.9 Å². The fourth-order valence-corrected chi connectivity index (χ4v) is 2.85. The van der Waals surface area contributed by atoms with Crippen molar-refractivity contribution < 1.29 is 4.79 Å². The molecule has 1 atom stereocenters. The molecular weight excluding hydrogens is 264 g/mol. The van der Waals surface area contributed by atoms with E-state index in [0.29, 0.717) is 17.6 Å². The molecule has 0 bridgehead atoms. The Kier molecular flexibility index (Phi) is 5.15. The van der Waals surface area contributed by atoms with Crippen molar-refractivity contribution in [2.24, 2.45) is 5.92 Å². The lowest BCUT2D eigenvalue weighted by atomic mass is 10.00. The van der Waals surface area contributed by atoms with Crippen molar-refractivity contribution in [2.75, 3.05) is 31.1 Å². The van der Waals surface area contributed by atoms with Gasteiger partial charge in [-0.3, -0.25) is 4.79 Å². The molecule has 1 fully saturated rings. The SMILES string of the molecule is CCN(CC)c1nc(C)cc(C(=O)N2CCC[C@@H](C)C2)n1. The Balaban J connectivity index is 2.24. The zero-order valence-electron chi connectivity index (χ0n) is 13.6. The van der Waals surface area contributed by atoms with Gasteiger partial charge in [0.15, 0.2) is 0 Å². The lowest BCUT2D eigenvalue weighted by Gasteiger charge is -2.31. The van der Waals surface area contributed by atoms with Gasteiger partial charge in [0.1, 0.15) is 5.69 Å². The molecule has 0 aromatic carbocycles. The maximum Gasteiger partial charge on any atom is 0.272 e. The molecule has 0 spiro atoms. The van der Waals surface area contributed by atoms with Crippen LogP contribution in [0.15, 0.2) is 6.07 Å². The predicted octanol–water partition coefficient (Wildman–Crippen LogP) is 2.50. The number of hydrogen-bond acceptors (Lipinski definition) is 4. The first-order chi connectivity index (χ1) is 10.0. The van der Waals surface area contributed by atoms with Crippen LogP contribution in [0.1, 0.15) is 49.8 Å². The van der Waals surface area contributed by atoms with E-state index >= 15 is 0 Å². The fourth-order valence-electron chi connectivity index (χ4n) is 2.85. The largest absolute Gasteiger partial charge is 0.341 e. The smallest absolute Gasteiger partial charge is 0.272 e. The van der Waals surface area contributed by atoms with Crippen LogP contribution in [0.2, 0.25) is 0 Å². The van der Waals surface area contributed by atoms with Gasteiger partial charge in [-0.05, 0) is 45.6 Å². The van der Waals surface area contributed by atoms with E-state index in [-0.39, 0.29) is 5.91 Å². The Morgan fingerprint density at radius 1 is 1.38 bits per heavy atom. The zero-order chi connectivity index (χ0) is 15.4. The van der Waals surface area contributed by atoms with E-state index < -0.39 is 0 Å². The van der Waals surface area contributed by atoms with Crippen LogP contribution in [-0.2, 0) is 0 Å². The normalized spacial score (nSPS) is 18.7. The van der Waals surface area contributed by atoms with Gasteiger partial charge in [-0.25, -0.2) is 9.97 Å². The van der Waals surface area contributed by atoms with E-state index in [0.717, 1.165) is 38.3 Å². The van der Waals surface area contributed by atoms with E-state index in [1.807, 2.05) is 11.8 Å². The number of anilines is 1. The molecule has 1 amide bonds. The second-order valence-electron chi connectivity index (χ2n) is 5.87. The van der Waals surface area contributed by atoms with E-state index in [9.17, 15) is 4.79 Å². The number of amides is 1. The summed E-state index contributed by atoms with van der Waals surface area (Å²) in [6.45, 7) is 11.6. The van der Waals surface area contributed by atoms with E-state index in [4.69, 9.17) is 0 Å². The molecule has 0 unspecified atom stereocenters. The van der Waals surface area contributed by atoms with Gasteiger partial charge in [0.25, 0.3) is 5.91 Å². The van der Waals surface area contributed by atoms with Crippen LogP contribution in [0.4, 0.5) is 5.95 Å². The van der Waals surface area contributed by atoms with Crippen LogP contribution in [-0.4, -0.2) is 47.0 Å². The van der Waals surface area contributed by atoms with Gasteiger partial charge in [0.2, 0.25) is 5.95 Å². The van der Waals surface area contributed by atoms with Crippen molar-refractivity contribution in [3.63, 3.8) is 0 Å². The summed E-state index contributed by atoms with van der Waals surface area (Å²) in [5.74, 6) is 1.28. The second kappa shape index (κ2) is 6.87. The third-order valence-electron chi connectivity index (χ3n) is 4.05. The number of rotatable bonds is 4. The highest BCUT2D eigenvalue weighted by atomic mass is 16.2. The first kappa shape index (κ1) is 15.7. The summed E-state index contributed by atoms with van der Waals surface area (Å²) in [5.41, 5.74) is 1.37. The van der Waals surface area contributed by atoms with Gasteiger partial charge < -0.3 is 9.80 Å². The number of carbonyl (C=O) groups is 1. The third-order valence-corrected chi connectivity index (χ3v) is 4.05. The van der Waals surface area contributed by atoms with Gasteiger partial charge >= 0.3 is 0 Å². The predicted molar refractivity (Wildman–Crippen MR) is 84.6 cm³/mol. The number of aromatic nitrogens is 2. The monoisotopic (exact) mass is 290 g/mol. The van der Waals surface area contributed by atoms with Crippen LogP contribution >= 0.6 is 0 Å². The van der Waals surface area contributed by atoms with Gasteiger partial charge in [0, 0.05) is 31.9 Å². The number of aryl methyl sites for hydroxylation is 1. The topological polar surface area (TPSA) is 49.3 Å². The van der Waals surface area contributed by atoms with Crippen molar-refractivity contribution >= 4 is 11.9 Å². The Bertz CT molecular complexity index is 499. The average Bonchev–Trinajstić information content (AvgIpc) is 2.47. The molecule has 1 aromatic rings. The quantitative estimate of drug-likeness (QED) is 0.855. The third kappa shape index (κ3) is 3.71. The Labute approximate surface area is 127 Å². The molecule has 2 rings (SSSR count). The Morgan fingerprint density at radius 2 is 2.10 bits per heavy atom. The molecule has 0 N–H and O–H groups in total. The number of hydrogen-bond donors (Lipinski definition) is 0. The van der Waals surface area contributed by atoms with Gasteiger partial charge in [-0.2, -0.15) is 0 Å². The highest BCUT2D eigenvalue weighted by Gasteiger charge is 2.24. The molecule has 0 aliphatic carbocycles. The molecular formula is C16H26N4O. The van der Waals surface area contributed by atoms with Gasteiger partial charge in [-0.15, -0.1) is 0 Å². The molecule has 5 nitrogen and oxygen atoms in total. The summed E-state index contributed by atoms with van der Waals surface area (Å²) in [6, 6.07) is 1.80. The summed E-state index contributed by atoms with van der Waals surface area (Å²) >= 11 is 0. The Morgan fingerprint density at radius 3 is 2.71 bits per heavy atom. The van der Waals surface area contributed by atoms with Crippen molar-refractivity contribution in [3.8, 4) is 0 Å². The maximum atomic E-state index is 12.7. The molecule has 5 heteroatoms. The summed E-state index contributed by atoms with van der Waals surface area (Å²) < 4.78 is 0. The maximum absolute atomic E-state index is 12.7. The fraction of sp³-hybridized carbons (Fsp3) is 0.688. The van der Waals surface area contributed by atoms with Crippen molar-refractivity contribution in [3.05, 3.63) is 17.5 Å². The summed E-state index contributed by atoms with van der Waals surface area (Å²) in [4.78, 5) is 25.6. The number of piperidine rings is 1. The number of nitrogens with zero attached hydrogens (tertiary/aromatic N) is 4. The van der Waals surface area contributed by atoms with Crippen LogP contribution < -0.4 is 4.90 Å². The van der Waals surface area contributed by atoms with E-state index in [2.05, 4.69) is 35.6 Å². The minimum atomic E-state index is 0.0421. The molecule has 1 saturated heterocycles. The molecule has 2 heterocycles. The molecule has 1 aliphatic rings. The zero-order valence-corrected chi connectivity index (χ0v) is 13.6. The number of likely N-dealkylation sites (tertiary alicyclic amines) is 1.